The topological polar surface area (TPSA) is 48.0 Å². The molecular weight excluding hydrogens is 414 g/mol. The minimum absolute atomic E-state index is 0.0655. The molecule has 3 aromatic rings. The van der Waals surface area contributed by atoms with Crippen molar-refractivity contribution >= 4 is 17.5 Å². The highest BCUT2D eigenvalue weighted by atomic mass is 35.5. The number of fused-ring (bicyclic) bond motifs is 1. The molecule has 1 aliphatic rings. The van der Waals surface area contributed by atoms with Crippen molar-refractivity contribution in [3.63, 3.8) is 0 Å². The van der Waals surface area contributed by atoms with Gasteiger partial charge < -0.3 is 19.1 Å². The predicted molar refractivity (Wildman–Crippen MR) is 121 cm³/mol. The first-order chi connectivity index (χ1) is 15.0. The Morgan fingerprint density at radius 2 is 1.68 bits per heavy atom. The normalized spacial score (nSPS) is 15.2. The Bertz CT molecular complexity index is 1110. The second-order valence-electron chi connectivity index (χ2n) is 7.34. The lowest BCUT2D eigenvalue weighted by molar-refractivity contribution is 0.0694. The van der Waals surface area contributed by atoms with E-state index in [9.17, 15) is 4.79 Å². The minimum atomic E-state index is -0.305. The van der Waals surface area contributed by atoms with Crippen molar-refractivity contribution in [2.45, 2.75) is 12.5 Å². The molecular formula is C25H24ClNO4. The third kappa shape index (κ3) is 4.06. The quantitative estimate of drug-likeness (QED) is 0.553. The molecule has 0 bridgehead atoms. The molecule has 0 N–H and O–H groups in total. The highest BCUT2D eigenvalue weighted by molar-refractivity contribution is 6.30. The number of rotatable bonds is 5. The van der Waals surface area contributed by atoms with Gasteiger partial charge in [-0.3, -0.25) is 4.79 Å². The average Bonchev–Trinajstić information content (AvgIpc) is 2.81. The summed E-state index contributed by atoms with van der Waals surface area (Å²) in [4.78, 5) is 15.5. The van der Waals surface area contributed by atoms with E-state index in [1.807, 2.05) is 59.5 Å². The van der Waals surface area contributed by atoms with Crippen LogP contribution in [0, 0.1) is 0 Å². The van der Waals surface area contributed by atoms with Gasteiger partial charge in [0.05, 0.1) is 27.4 Å². The molecule has 3 aromatic carbocycles. The van der Waals surface area contributed by atoms with Crippen LogP contribution in [0.2, 0.25) is 5.02 Å². The predicted octanol–water partition coefficient (Wildman–Crippen LogP) is 5.15. The van der Waals surface area contributed by atoms with Crippen LogP contribution in [0.25, 0.3) is 0 Å². The van der Waals surface area contributed by atoms with Gasteiger partial charge in [0.15, 0.2) is 11.5 Å². The van der Waals surface area contributed by atoms with Crippen LogP contribution < -0.4 is 14.2 Å². The van der Waals surface area contributed by atoms with Crippen molar-refractivity contribution < 1.29 is 19.0 Å². The van der Waals surface area contributed by atoms with E-state index in [0.717, 1.165) is 16.7 Å². The van der Waals surface area contributed by atoms with E-state index in [-0.39, 0.29) is 11.9 Å². The zero-order valence-electron chi connectivity index (χ0n) is 17.7. The number of amides is 1. The Labute approximate surface area is 187 Å². The molecule has 0 spiro atoms. The van der Waals surface area contributed by atoms with Crippen LogP contribution >= 0.6 is 11.6 Å². The molecule has 6 heteroatoms. The molecule has 1 heterocycles. The number of hydrogen-bond donors (Lipinski definition) is 0. The van der Waals surface area contributed by atoms with Crippen LogP contribution in [0.1, 0.15) is 33.1 Å². The van der Waals surface area contributed by atoms with Gasteiger partial charge in [-0.2, -0.15) is 0 Å². The van der Waals surface area contributed by atoms with Gasteiger partial charge in [-0.15, -0.1) is 0 Å². The molecule has 0 saturated heterocycles. The number of carbonyl (C=O) groups is 1. The SMILES string of the molecule is COc1cccc(C(=O)N2CCc3cc(OC)c(OC)cc3[C@@H]2c2cccc(Cl)c2)c1. The number of benzene rings is 3. The highest BCUT2D eigenvalue weighted by Crippen LogP contribution is 2.42. The number of ether oxygens (including phenoxy) is 3. The van der Waals surface area contributed by atoms with E-state index in [1.54, 1.807) is 27.4 Å². The van der Waals surface area contributed by atoms with Crippen molar-refractivity contribution in [1.82, 2.24) is 4.90 Å². The van der Waals surface area contributed by atoms with Crippen LogP contribution in [0.15, 0.2) is 60.7 Å². The molecule has 1 atom stereocenters. The van der Waals surface area contributed by atoms with Crippen LogP contribution in [-0.2, 0) is 6.42 Å². The van der Waals surface area contributed by atoms with Gasteiger partial charge in [0.2, 0.25) is 0 Å². The average molecular weight is 438 g/mol. The van der Waals surface area contributed by atoms with E-state index >= 15 is 0 Å². The molecule has 1 aliphatic heterocycles. The van der Waals surface area contributed by atoms with Gasteiger partial charge in [0, 0.05) is 17.1 Å². The zero-order valence-corrected chi connectivity index (χ0v) is 18.5. The Morgan fingerprint density at radius 3 is 2.39 bits per heavy atom. The Hall–Kier alpha value is -3.18. The van der Waals surface area contributed by atoms with Gasteiger partial charge in [0.25, 0.3) is 5.91 Å². The Kier molecular flexibility index (Phi) is 6.05. The lowest BCUT2D eigenvalue weighted by Crippen LogP contribution is -2.40. The van der Waals surface area contributed by atoms with Gasteiger partial charge in [0.1, 0.15) is 5.75 Å². The van der Waals surface area contributed by atoms with Crippen LogP contribution in [0.3, 0.4) is 0 Å². The number of methoxy groups -OCH3 is 3. The molecule has 0 fully saturated rings. The summed E-state index contributed by atoms with van der Waals surface area (Å²) in [6.45, 7) is 0.565. The fourth-order valence-corrected chi connectivity index (χ4v) is 4.32. The van der Waals surface area contributed by atoms with Crippen molar-refractivity contribution in [3.05, 3.63) is 87.9 Å². The van der Waals surface area contributed by atoms with Crippen LogP contribution in [0.5, 0.6) is 17.2 Å². The summed E-state index contributed by atoms with van der Waals surface area (Å²) in [5.41, 5.74) is 3.65. The molecule has 0 saturated carbocycles. The third-order valence-electron chi connectivity index (χ3n) is 5.62. The van der Waals surface area contributed by atoms with Crippen molar-refractivity contribution in [3.8, 4) is 17.2 Å². The summed E-state index contributed by atoms with van der Waals surface area (Å²) < 4.78 is 16.4. The fourth-order valence-electron chi connectivity index (χ4n) is 4.12. The molecule has 0 aliphatic carbocycles. The number of halogens is 1. The molecule has 5 nitrogen and oxygen atoms in total. The summed E-state index contributed by atoms with van der Waals surface area (Å²) in [5.74, 6) is 1.89. The molecule has 1 amide bonds. The maximum Gasteiger partial charge on any atom is 0.254 e. The first kappa shape index (κ1) is 21.1. The Balaban J connectivity index is 1.85. The van der Waals surface area contributed by atoms with E-state index in [0.29, 0.717) is 40.8 Å². The standard InChI is InChI=1S/C25H24ClNO4/c1-29-20-9-5-7-18(13-20)25(28)27-11-10-16-14-22(30-2)23(31-3)15-21(16)24(27)17-6-4-8-19(26)12-17/h4-9,12-15,24H,10-11H2,1-3H3/t24-/m0/s1. The molecule has 4 rings (SSSR count). The van der Waals surface area contributed by atoms with Crippen molar-refractivity contribution in [1.29, 1.82) is 0 Å². The first-order valence-electron chi connectivity index (χ1n) is 10.0. The van der Waals surface area contributed by atoms with E-state index in [2.05, 4.69) is 0 Å². The number of nitrogens with zero attached hydrogens (tertiary/aromatic N) is 1. The van der Waals surface area contributed by atoms with E-state index < -0.39 is 0 Å². The van der Waals surface area contributed by atoms with Crippen LogP contribution in [-0.4, -0.2) is 38.7 Å². The number of hydrogen-bond acceptors (Lipinski definition) is 4. The maximum absolute atomic E-state index is 13.6. The lowest BCUT2D eigenvalue weighted by Gasteiger charge is -2.38. The number of carbonyl (C=O) groups excluding carboxylic acids is 1. The molecule has 160 valence electrons. The summed E-state index contributed by atoms with van der Waals surface area (Å²) in [6.07, 6.45) is 0.711. The molecule has 31 heavy (non-hydrogen) atoms. The summed E-state index contributed by atoms with van der Waals surface area (Å²) in [5, 5.41) is 0.624. The van der Waals surface area contributed by atoms with Gasteiger partial charge in [-0.05, 0) is 65.6 Å². The van der Waals surface area contributed by atoms with Crippen LogP contribution in [0.4, 0.5) is 0 Å². The maximum atomic E-state index is 13.6. The first-order valence-corrected chi connectivity index (χ1v) is 10.4. The molecule has 0 radical (unpaired) electrons. The van der Waals surface area contributed by atoms with Gasteiger partial charge in [-0.1, -0.05) is 29.8 Å². The van der Waals surface area contributed by atoms with Crippen molar-refractivity contribution in [2.24, 2.45) is 0 Å². The summed E-state index contributed by atoms with van der Waals surface area (Å²) >= 11 is 6.32. The summed E-state index contributed by atoms with van der Waals surface area (Å²) in [7, 11) is 4.83. The third-order valence-corrected chi connectivity index (χ3v) is 5.85. The second-order valence-corrected chi connectivity index (χ2v) is 7.78. The van der Waals surface area contributed by atoms with E-state index in [1.165, 1.54) is 0 Å². The monoisotopic (exact) mass is 437 g/mol. The van der Waals surface area contributed by atoms with E-state index in [4.69, 9.17) is 25.8 Å². The second kappa shape index (κ2) is 8.90. The molecule has 0 aromatic heterocycles. The fraction of sp³-hybridized carbons (Fsp3) is 0.240. The smallest absolute Gasteiger partial charge is 0.254 e. The largest absolute Gasteiger partial charge is 0.497 e. The molecule has 0 unspecified atom stereocenters. The zero-order chi connectivity index (χ0) is 22.0. The highest BCUT2D eigenvalue weighted by Gasteiger charge is 2.34. The minimum Gasteiger partial charge on any atom is -0.497 e. The van der Waals surface area contributed by atoms with Gasteiger partial charge >= 0.3 is 0 Å². The van der Waals surface area contributed by atoms with Gasteiger partial charge in [-0.25, -0.2) is 0 Å². The van der Waals surface area contributed by atoms with Crippen molar-refractivity contribution in [2.75, 3.05) is 27.9 Å². The lowest BCUT2D eigenvalue weighted by atomic mass is 9.87. The Morgan fingerprint density at radius 1 is 0.935 bits per heavy atom. The summed E-state index contributed by atoms with van der Waals surface area (Å²) in [6, 6.07) is 18.5.